The van der Waals surface area contributed by atoms with Crippen molar-refractivity contribution in [3.05, 3.63) is 66.2 Å². The lowest BCUT2D eigenvalue weighted by molar-refractivity contribution is 0.0696. The van der Waals surface area contributed by atoms with E-state index in [-0.39, 0.29) is 17.1 Å². The monoisotopic (exact) mass is 373 g/mol. The summed E-state index contributed by atoms with van der Waals surface area (Å²) in [6.45, 7) is 0.0715. The molecular weight excluding hydrogens is 358 g/mol. The lowest BCUT2D eigenvalue weighted by Crippen LogP contribution is -2.27. The summed E-state index contributed by atoms with van der Waals surface area (Å²) in [6.07, 6.45) is 2.93. The number of nitrogens with one attached hydrogen (secondary N) is 1. The van der Waals surface area contributed by atoms with Crippen molar-refractivity contribution in [3.63, 3.8) is 0 Å². The quantitative estimate of drug-likeness (QED) is 0.649. The molecule has 0 amide bonds. The molecular formula is C17H15N3O5S. The smallest absolute Gasteiger partial charge is 0.335 e. The molecule has 8 nitrogen and oxygen atoms in total. The van der Waals surface area contributed by atoms with Crippen molar-refractivity contribution in [1.82, 2.24) is 14.7 Å². The van der Waals surface area contributed by atoms with Gasteiger partial charge in [0, 0.05) is 24.7 Å². The molecule has 0 aliphatic heterocycles. The third-order valence-corrected chi connectivity index (χ3v) is 4.86. The number of carboxylic acids is 1. The van der Waals surface area contributed by atoms with E-state index in [0.717, 1.165) is 17.8 Å². The molecule has 3 aromatic rings. The fourth-order valence-corrected chi connectivity index (χ4v) is 3.21. The number of hydrogen-bond donors (Lipinski definition) is 2. The Morgan fingerprint density at radius 2 is 1.96 bits per heavy atom. The van der Waals surface area contributed by atoms with E-state index < -0.39 is 16.0 Å². The molecule has 0 atom stereocenters. The van der Waals surface area contributed by atoms with Crippen molar-refractivity contribution in [2.45, 2.75) is 11.4 Å². The Morgan fingerprint density at radius 3 is 2.69 bits per heavy atom. The fraction of sp³-hybridized carbons (Fsp3) is 0.118. The van der Waals surface area contributed by atoms with Gasteiger partial charge in [0.05, 0.1) is 11.3 Å². The minimum absolute atomic E-state index is 0.0715. The Labute approximate surface area is 149 Å². The summed E-state index contributed by atoms with van der Waals surface area (Å²) in [4.78, 5) is 19.0. The molecule has 2 heterocycles. The highest BCUT2D eigenvalue weighted by molar-refractivity contribution is 7.89. The lowest BCUT2D eigenvalue weighted by atomic mass is 10.2. The van der Waals surface area contributed by atoms with Crippen LogP contribution in [0.5, 0.6) is 0 Å². The van der Waals surface area contributed by atoms with E-state index in [1.165, 1.54) is 12.3 Å². The zero-order valence-corrected chi connectivity index (χ0v) is 14.3. The first-order chi connectivity index (χ1) is 12.5. The van der Waals surface area contributed by atoms with E-state index >= 15 is 0 Å². The number of carboxylic acid groups (broad SMARTS) is 1. The van der Waals surface area contributed by atoms with Gasteiger partial charge in [0.2, 0.25) is 5.89 Å². The van der Waals surface area contributed by atoms with Gasteiger partial charge in [-0.25, -0.2) is 27.9 Å². The van der Waals surface area contributed by atoms with Crippen molar-refractivity contribution in [2.75, 3.05) is 6.54 Å². The molecule has 0 unspecified atom stereocenters. The van der Waals surface area contributed by atoms with Crippen molar-refractivity contribution >= 4 is 16.0 Å². The van der Waals surface area contributed by atoms with E-state index in [9.17, 15) is 13.2 Å². The van der Waals surface area contributed by atoms with Gasteiger partial charge < -0.3 is 9.52 Å². The van der Waals surface area contributed by atoms with Crippen molar-refractivity contribution in [3.8, 4) is 11.5 Å². The number of aromatic nitrogens is 2. The maximum Gasteiger partial charge on any atom is 0.335 e. The van der Waals surface area contributed by atoms with E-state index in [1.807, 2.05) is 30.3 Å². The molecule has 1 aromatic carbocycles. The summed E-state index contributed by atoms with van der Waals surface area (Å²) in [5.41, 5.74) is 1.28. The van der Waals surface area contributed by atoms with Gasteiger partial charge in [-0.1, -0.05) is 18.2 Å². The number of nitrogens with zero attached hydrogens (tertiary/aromatic N) is 2. The van der Waals surface area contributed by atoms with Crippen LogP contribution in [0.15, 0.2) is 64.4 Å². The maximum absolute atomic E-state index is 12.2. The normalized spacial score (nSPS) is 11.4. The summed E-state index contributed by atoms with van der Waals surface area (Å²) >= 11 is 0. The summed E-state index contributed by atoms with van der Waals surface area (Å²) < 4.78 is 32.2. The first kappa shape index (κ1) is 17.8. The predicted molar refractivity (Wildman–Crippen MR) is 92.0 cm³/mol. The maximum atomic E-state index is 12.2. The summed E-state index contributed by atoms with van der Waals surface area (Å²) in [6, 6.07) is 11.6. The second-order valence-corrected chi connectivity index (χ2v) is 7.06. The highest BCUT2D eigenvalue weighted by Gasteiger charge is 2.17. The number of pyridine rings is 1. The van der Waals surface area contributed by atoms with Crippen LogP contribution in [0.3, 0.4) is 0 Å². The molecule has 0 aliphatic rings. The summed E-state index contributed by atoms with van der Waals surface area (Å²) in [7, 11) is -3.91. The molecule has 9 heteroatoms. The van der Waals surface area contributed by atoms with Crippen molar-refractivity contribution in [2.24, 2.45) is 0 Å². The molecule has 26 heavy (non-hydrogen) atoms. The molecule has 2 aromatic heterocycles. The molecule has 0 bridgehead atoms. The third-order valence-electron chi connectivity index (χ3n) is 3.50. The average Bonchev–Trinajstić information content (AvgIpc) is 3.11. The third kappa shape index (κ3) is 4.13. The number of sulfonamides is 1. The largest absolute Gasteiger partial charge is 0.478 e. The van der Waals surface area contributed by atoms with Crippen LogP contribution < -0.4 is 4.72 Å². The molecule has 0 radical (unpaired) electrons. The van der Waals surface area contributed by atoms with Crippen molar-refractivity contribution < 1.29 is 22.7 Å². The average molecular weight is 373 g/mol. The predicted octanol–water partition coefficient (Wildman–Crippen LogP) is 1.96. The van der Waals surface area contributed by atoms with Gasteiger partial charge in [0.15, 0.2) is 5.03 Å². The van der Waals surface area contributed by atoms with Crippen LogP contribution in [0.1, 0.15) is 16.1 Å². The van der Waals surface area contributed by atoms with Crippen LogP contribution in [0, 0.1) is 0 Å². The van der Waals surface area contributed by atoms with Gasteiger partial charge in [0.1, 0.15) is 6.26 Å². The number of benzene rings is 1. The Morgan fingerprint density at radius 1 is 1.19 bits per heavy atom. The van der Waals surface area contributed by atoms with Crippen LogP contribution in [0.25, 0.3) is 11.5 Å². The molecule has 0 fully saturated rings. The summed E-state index contributed by atoms with van der Waals surface area (Å²) in [5, 5.41) is 8.59. The number of carbonyl (C=O) groups is 1. The van der Waals surface area contributed by atoms with Gasteiger partial charge in [-0.05, 0) is 24.3 Å². The minimum atomic E-state index is -3.91. The van der Waals surface area contributed by atoms with E-state index in [4.69, 9.17) is 9.52 Å². The van der Waals surface area contributed by atoms with Gasteiger partial charge >= 0.3 is 5.97 Å². The van der Waals surface area contributed by atoms with Gasteiger partial charge in [-0.15, -0.1) is 0 Å². The van der Waals surface area contributed by atoms with E-state index in [0.29, 0.717) is 18.0 Å². The Bertz CT molecular complexity index is 1020. The Hall–Kier alpha value is -3.04. The van der Waals surface area contributed by atoms with Crippen molar-refractivity contribution in [1.29, 1.82) is 0 Å². The Balaban J connectivity index is 1.63. The van der Waals surface area contributed by atoms with Crippen LogP contribution in [0.4, 0.5) is 0 Å². The lowest BCUT2D eigenvalue weighted by Gasteiger charge is -2.05. The molecule has 134 valence electrons. The van der Waals surface area contributed by atoms with Gasteiger partial charge in [-0.2, -0.15) is 0 Å². The highest BCUT2D eigenvalue weighted by atomic mass is 32.2. The number of oxazole rings is 1. The SMILES string of the molecule is O=C(O)c1ccnc(S(=O)(=O)NCCc2coc(-c3ccccc3)n2)c1. The van der Waals surface area contributed by atoms with Crippen LogP contribution in [-0.2, 0) is 16.4 Å². The second-order valence-electron chi connectivity index (χ2n) is 5.35. The topological polar surface area (TPSA) is 122 Å². The van der Waals surface area contributed by atoms with Gasteiger partial charge in [-0.3, -0.25) is 0 Å². The molecule has 0 aliphatic carbocycles. The molecule has 0 saturated carbocycles. The number of aromatic carboxylic acids is 1. The number of rotatable bonds is 7. The first-order valence-electron chi connectivity index (χ1n) is 7.64. The van der Waals surface area contributed by atoms with Crippen LogP contribution in [0.2, 0.25) is 0 Å². The first-order valence-corrected chi connectivity index (χ1v) is 9.13. The molecule has 3 rings (SSSR count). The van der Waals surface area contributed by atoms with Gasteiger partial charge in [0.25, 0.3) is 10.0 Å². The van der Waals surface area contributed by atoms with E-state index in [2.05, 4.69) is 14.7 Å². The molecule has 0 spiro atoms. The highest BCUT2D eigenvalue weighted by Crippen LogP contribution is 2.18. The second kappa shape index (κ2) is 7.46. The minimum Gasteiger partial charge on any atom is -0.478 e. The van der Waals surface area contributed by atoms with E-state index in [1.54, 1.807) is 0 Å². The molecule has 2 N–H and O–H groups in total. The Kier molecular flexibility index (Phi) is 5.10. The number of hydrogen-bond acceptors (Lipinski definition) is 6. The zero-order valence-electron chi connectivity index (χ0n) is 13.5. The standard InChI is InChI=1S/C17H15N3O5S/c21-17(22)13-6-8-18-15(10-13)26(23,24)19-9-7-14-11-25-16(20-14)12-4-2-1-3-5-12/h1-6,8,10-11,19H,7,9H2,(H,21,22). The van der Waals surface area contributed by atoms with Crippen LogP contribution in [-0.4, -0.2) is 36.0 Å². The zero-order chi connectivity index (χ0) is 18.6. The molecule has 0 saturated heterocycles. The summed E-state index contributed by atoms with van der Waals surface area (Å²) in [5.74, 6) is -0.765. The van der Waals surface area contributed by atoms with Crippen LogP contribution >= 0.6 is 0 Å². The fourth-order valence-electron chi connectivity index (χ4n) is 2.21.